The lowest BCUT2D eigenvalue weighted by atomic mass is 10.1. The Bertz CT molecular complexity index is 735. The molecule has 2 aromatic carbocycles. The van der Waals surface area contributed by atoms with E-state index in [-0.39, 0.29) is 30.9 Å². The summed E-state index contributed by atoms with van der Waals surface area (Å²) in [6.07, 6.45) is 0. The number of rotatable bonds is 7. The second kappa shape index (κ2) is 9.34. The number of hydrogen-bond donors (Lipinski definition) is 3. The van der Waals surface area contributed by atoms with Crippen LogP contribution in [-0.4, -0.2) is 24.9 Å². The number of aryl methyl sites for hydroxylation is 1. The highest BCUT2D eigenvalue weighted by Crippen LogP contribution is 2.19. The summed E-state index contributed by atoms with van der Waals surface area (Å²) in [6.45, 7) is 4.00. The molecule has 3 N–H and O–H groups in total. The van der Waals surface area contributed by atoms with Crippen LogP contribution in [0.1, 0.15) is 24.1 Å². The van der Waals surface area contributed by atoms with Crippen LogP contribution in [0.2, 0.25) is 0 Å². The summed E-state index contributed by atoms with van der Waals surface area (Å²) in [5, 5.41) is 8.54. The highest BCUT2D eigenvalue weighted by atomic mass is 79.9. The molecule has 6 heteroatoms. The van der Waals surface area contributed by atoms with Gasteiger partial charge in [-0.05, 0) is 43.2 Å². The van der Waals surface area contributed by atoms with Crippen molar-refractivity contribution in [1.82, 2.24) is 10.6 Å². The molecule has 0 radical (unpaired) electrons. The van der Waals surface area contributed by atoms with Gasteiger partial charge in [0.1, 0.15) is 0 Å². The van der Waals surface area contributed by atoms with E-state index in [2.05, 4.69) is 31.9 Å². The molecule has 2 rings (SSSR count). The van der Waals surface area contributed by atoms with Crippen molar-refractivity contribution in [2.45, 2.75) is 19.9 Å². The van der Waals surface area contributed by atoms with Crippen LogP contribution in [0.4, 0.5) is 5.69 Å². The van der Waals surface area contributed by atoms with Crippen molar-refractivity contribution >= 4 is 33.4 Å². The van der Waals surface area contributed by atoms with Gasteiger partial charge in [-0.1, -0.05) is 46.3 Å². The highest BCUT2D eigenvalue weighted by molar-refractivity contribution is 9.10. The first kappa shape index (κ1) is 19.1. The van der Waals surface area contributed by atoms with Crippen molar-refractivity contribution in [3.63, 3.8) is 0 Å². The van der Waals surface area contributed by atoms with E-state index in [0.29, 0.717) is 0 Å². The average Bonchev–Trinajstić information content (AvgIpc) is 2.61. The fourth-order valence-electron chi connectivity index (χ4n) is 2.31. The normalized spacial score (nSPS) is 11.6. The Labute approximate surface area is 156 Å². The van der Waals surface area contributed by atoms with Crippen molar-refractivity contribution in [2.24, 2.45) is 0 Å². The Kier molecular flexibility index (Phi) is 7.16. The molecule has 2 amide bonds. The van der Waals surface area contributed by atoms with Crippen LogP contribution in [-0.2, 0) is 9.59 Å². The monoisotopic (exact) mass is 403 g/mol. The molecule has 0 aliphatic heterocycles. The topological polar surface area (TPSA) is 70.2 Å². The molecule has 0 fully saturated rings. The van der Waals surface area contributed by atoms with E-state index in [1.54, 1.807) is 0 Å². The second-order valence-corrected chi connectivity index (χ2v) is 6.71. The van der Waals surface area contributed by atoms with Gasteiger partial charge in [-0.15, -0.1) is 0 Å². The molecule has 0 unspecified atom stereocenters. The van der Waals surface area contributed by atoms with Crippen molar-refractivity contribution in [3.05, 3.63) is 64.1 Å². The number of nitrogens with one attached hydrogen (secondary N) is 3. The quantitative estimate of drug-likeness (QED) is 0.664. The van der Waals surface area contributed by atoms with Gasteiger partial charge in [0, 0.05) is 16.2 Å². The number of carbonyl (C=O) groups excluding carboxylic acids is 2. The van der Waals surface area contributed by atoms with Gasteiger partial charge in [0.15, 0.2) is 0 Å². The summed E-state index contributed by atoms with van der Waals surface area (Å²) in [4.78, 5) is 23.8. The smallest absolute Gasteiger partial charge is 0.243 e. The zero-order valence-electron chi connectivity index (χ0n) is 14.3. The molecule has 0 heterocycles. The average molecular weight is 404 g/mol. The van der Waals surface area contributed by atoms with Crippen LogP contribution >= 0.6 is 15.9 Å². The molecule has 0 spiro atoms. The summed E-state index contributed by atoms with van der Waals surface area (Å²) in [5.74, 6) is -0.472. The fraction of sp³-hybridized carbons (Fsp3) is 0.263. The minimum atomic E-state index is -0.255. The lowest BCUT2D eigenvalue weighted by Crippen LogP contribution is -2.39. The molecule has 25 heavy (non-hydrogen) atoms. The zero-order valence-corrected chi connectivity index (χ0v) is 15.9. The molecule has 0 aliphatic rings. The number of benzene rings is 2. The number of hydrogen-bond acceptors (Lipinski definition) is 3. The van der Waals surface area contributed by atoms with E-state index >= 15 is 0 Å². The molecule has 1 atom stereocenters. The predicted molar refractivity (Wildman–Crippen MR) is 103 cm³/mol. The van der Waals surface area contributed by atoms with Crippen molar-refractivity contribution < 1.29 is 9.59 Å². The lowest BCUT2D eigenvalue weighted by molar-refractivity contribution is -0.123. The van der Waals surface area contributed by atoms with Crippen LogP contribution in [0.25, 0.3) is 0 Å². The maximum atomic E-state index is 12.0. The fourth-order valence-corrected chi connectivity index (χ4v) is 2.78. The van der Waals surface area contributed by atoms with E-state index in [1.165, 1.54) is 0 Å². The van der Waals surface area contributed by atoms with Gasteiger partial charge < -0.3 is 16.0 Å². The Morgan fingerprint density at radius 3 is 2.44 bits per heavy atom. The highest BCUT2D eigenvalue weighted by Gasteiger charge is 2.10. The van der Waals surface area contributed by atoms with Crippen LogP contribution in [0.5, 0.6) is 0 Å². The molecule has 0 bridgehead atoms. The van der Waals surface area contributed by atoms with E-state index in [0.717, 1.165) is 21.3 Å². The van der Waals surface area contributed by atoms with Gasteiger partial charge in [-0.3, -0.25) is 9.59 Å². The summed E-state index contributed by atoms with van der Waals surface area (Å²) < 4.78 is 0.954. The number of amides is 2. The van der Waals surface area contributed by atoms with Crippen molar-refractivity contribution in [3.8, 4) is 0 Å². The third-order valence-corrected chi connectivity index (χ3v) is 4.27. The SMILES string of the molecule is Cc1cc(Br)ccc1NC(=O)CNC(=O)CN[C@H](C)c1ccccc1. The molecule has 5 nitrogen and oxygen atoms in total. The maximum absolute atomic E-state index is 12.0. The molecule has 0 saturated heterocycles. The molecule has 0 aromatic heterocycles. The van der Waals surface area contributed by atoms with Gasteiger partial charge in [-0.25, -0.2) is 0 Å². The summed E-state index contributed by atoms with van der Waals surface area (Å²) >= 11 is 3.38. The second-order valence-electron chi connectivity index (χ2n) is 5.80. The third kappa shape index (κ3) is 6.32. The Morgan fingerprint density at radius 2 is 1.76 bits per heavy atom. The number of carbonyl (C=O) groups is 2. The van der Waals surface area contributed by atoms with E-state index in [9.17, 15) is 9.59 Å². The Balaban J connectivity index is 1.73. The Morgan fingerprint density at radius 1 is 1.04 bits per heavy atom. The standard InChI is InChI=1S/C19H22BrN3O2/c1-13-10-16(20)8-9-17(13)23-19(25)12-22-18(24)11-21-14(2)15-6-4-3-5-7-15/h3-10,14,21H,11-12H2,1-2H3,(H,22,24)(H,23,25)/t14-/m1/s1. The lowest BCUT2D eigenvalue weighted by Gasteiger charge is -2.14. The molecule has 2 aromatic rings. The minimum absolute atomic E-state index is 0.0598. The first-order valence-corrected chi connectivity index (χ1v) is 8.86. The number of halogens is 1. The number of anilines is 1. The van der Waals surface area contributed by atoms with E-state index in [4.69, 9.17) is 0 Å². The summed E-state index contributed by atoms with van der Waals surface area (Å²) in [5.41, 5.74) is 2.80. The minimum Gasteiger partial charge on any atom is -0.346 e. The molecular weight excluding hydrogens is 382 g/mol. The van der Waals surface area contributed by atoms with Gasteiger partial charge in [0.05, 0.1) is 13.1 Å². The first-order chi connectivity index (χ1) is 12.0. The van der Waals surface area contributed by atoms with Crippen LogP contribution in [0.3, 0.4) is 0 Å². The van der Waals surface area contributed by atoms with Gasteiger partial charge in [0.25, 0.3) is 0 Å². The van der Waals surface area contributed by atoms with Crippen molar-refractivity contribution in [1.29, 1.82) is 0 Å². The molecule has 0 aliphatic carbocycles. The van der Waals surface area contributed by atoms with Gasteiger partial charge >= 0.3 is 0 Å². The van der Waals surface area contributed by atoms with Crippen LogP contribution in [0.15, 0.2) is 53.0 Å². The van der Waals surface area contributed by atoms with E-state index in [1.807, 2.05) is 62.4 Å². The van der Waals surface area contributed by atoms with Crippen LogP contribution < -0.4 is 16.0 Å². The third-order valence-electron chi connectivity index (χ3n) is 3.78. The summed E-state index contributed by atoms with van der Waals surface area (Å²) in [6, 6.07) is 15.5. The largest absolute Gasteiger partial charge is 0.346 e. The van der Waals surface area contributed by atoms with E-state index < -0.39 is 0 Å². The first-order valence-electron chi connectivity index (χ1n) is 8.06. The molecule has 132 valence electrons. The maximum Gasteiger partial charge on any atom is 0.243 e. The van der Waals surface area contributed by atoms with Crippen molar-refractivity contribution in [2.75, 3.05) is 18.4 Å². The predicted octanol–water partition coefficient (Wildman–Crippen LogP) is 3.16. The zero-order chi connectivity index (χ0) is 18.2. The molecular formula is C19H22BrN3O2. The Hall–Kier alpha value is -2.18. The summed E-state index contributed by atoms with van der Waals surface area (Å²) in [7, 11) is 0. The molecule has 0 saturated carbocycles. The van der Waals surface area contributed by atoms with Gasteiger partial charge in [0.2, 0.25) is 11.8 Å². The van der Waals surface area contributed by atoms with Crippen LogP contribution in [0, 0.1) is 6.92 Å². The van der Waals surface area contributed by atoms with Gasteiger partial charge in [-0.2, -0.15) is 0 Å².